The minimum atomic E-state index is -2.65. The van der Waals surface area contributed by atoms with Gasteiger partial charge in [-0.1, -0.05) is 206 Å². The fourth-order valence-corrected chi connectivity index (χ4v) is 16.6. The number of anilines is 3. The van der Waals surface area contributed by atoms with Crippen molar-refractivity contribution in [3.05, 3.63) is 285 Å². The third-order valence-corrected chi connectivity index (χ3v) is 19.8. The Hall–Kier alpha value is -9.22. The first kappa shape index (κ1) is 41.7. The third-order valence-electron chi connectivity index (χ3n) is 15.0. The molecule has 4 heteroatoms. The van der Waals surface area contributed by atoms with Gasteiger partial charge in [0.1, 0.15) is 0 Å². The molecular formula is C68H47N3Si. The van der Waals surface area contributed by atoms with Crippen LogP contribution in [0.25, 0.3) is 76.9 Å². The minimum absolute atomic E-state index is 1.09. The lowest BCUT2D eigenvalue weighted by molar-refractivity contribution is 1.18. The van der Waals surface area contributed by atoms with Gasteiger partial charge in [0.25, 0.3) is 0 Å². The van der Waals surface area contributed by atoms with Crippen LogP contribution in [-0.2, 0) is 0 Å². The maximum Gasteiger partial charge on any atom is 0.179 e. The molecule has 0 aliphatic heterocycles. The van der Waals surface area contributed by atoms with Gasteiger partial charge in [0.2, 0.25) is 0 Å². The summed E-state index contributed by atoms with van der Waals surface area (Å²) in [5.74, 6) is 0. The summed E-state index contributed by atoms with van der Waals surface area (Å²) < 4.78 is 4.82. The Morgan fingerprint density at radius 2 is 0.736 bits per heavy atom. The van der Waals surface area contributed by atoms with Crippen molar-refractivity contribution in [2.75, 3.05) is 4.90 Å². The molecule has 12 aromatic carbocycles. The van der Waals surface area contributed by atoms with Gasteiger partial charge in [-0.05, 0) is 116 Å². The summed E-state index contributed by atoms with van der Waals surface area (Å²) in [5, 5.41) is 12.9. The predicted octanol–water partition coefficient (Wildman–Crippen LogP) is 15.0. The van der Waals surface area contributed by atoms with E-state index in [1.54, 1.807) is 0 Å². The first-order chi connectivity index (χ1) is 35.7. The molecule has 0 radical (unpaired) electrons. The zero-order valence-corrected chi connectivity index (χ0v) is 40.5. The molecule has 0 N–H and O–H groups in total. The van der Waals surface area contributed by atoms with Gasteiger partial charge >= 0.3 is 0 Å². The minimum Gasteiger partial charge on any atom is -0.310 e. The van der Waals surface area contributed by atoms with Crippen molar-refractivity contribution in [2.24, 2.45) is 0 Å². The summed E-state index contributed by atoms with van der Waals surface area (Å²) in [6.45, 7) is 0. The molecule has 0 bridgehead atoms. The Labute approximate surface area is 419 Å². The van der Waals surface area contributed by atoms with Crippen LogP contribution in [0.1, 0.15) is 0 Å². The monoisotopic (exact) mass is 933 g/mol. The molecule has 14 aromatic rings. The second-order valence-corrected chi connectivity index (χ2v) is 22.6. The lowest BCUT2D eigenvalue weighted by Gasteiger charge is -2.34. The lowest BCUT2D eigenvalue weighted by Crippen LogP contribution is -2.74. The van der Waals surface area contributed by atoms with Crippen LogP contribution in [0.5, 0.6) is 0 Å². The van der Waals surface area contributed by atoms with Gasteiger partial charge in [-0.15, -0.1) is 0 Å². The van der Waals surface area contributed by atoms with Gasteiger partial charge in [-0.3, -0.25) is 0 Å². The van der Waals surface area contributed by atoms with E-state index in [-0.39, 0.29) is 0 Å². The van der Waals surface area contributed by atoms with Gasteiger partial charge in [-0.25, -0.2) is 0 Å². The van der Waals surface area contributed by atoms with Gasteiger partial charge < -0.3 is 14.0 Å². The summed E-state index contributed by atoms with van der Waals surface area (Å²) in [4.78, 5) is 2.47. The largest absolute Gasteiger partial charge is 0.310 e. The van der Waals surface area contributed by atoms with E-state index >= 15 is 0 Å². The summed E-state index contributed by atoms with van der Waals surface area (Å²) in [6, 6.07) is 105. The van der Waals surface area contributed by atoms with Crippen LogP contribution >= 0.6 is 0 Å². The Balaban J connectivity index is 0.937. The zero-order chi connectivity index (χ0) is 47.6. The summed E-state index contributed by atoms with van der Waals surface area (Å²) in [5.41, 5.74) is 12.8. The number of para-hydroxylation sites is 3. The summed E-state index contributed by atoms with van der Waals surface area (Å²) in [7, 11) is -2.65. The van der Waals surface area contributed by atoms with Gasteiger partial charge in [0.15, 0.2) is 8.07 Å². The maximum atomic E-state index is 2.47. The highest BCUT2D eigenvalue weighted by atomic mass is 28.3. The van der Waals surface area contributed by atoms with Crippen LogP contribution in [0, 0.1) is 0 Å². The number of aromatic nitrogens is 2. The molecule has 2 aromatic heterocycles. The van der Waals surface area contributed by atoms with E-state index in [1.165, 1.54) is 86.3 Å². The quantitative estimate of drug-likeness (QED) is 0.0757. The van der Waals surface area contributed by atoms with Gasteiger partial charge in [-0.2, -0.15) is 0 Å². The molecular weight excluding hydrogens is 887 g/mol. The average Bonchev–Trinajstić information content (AvgIpc) is 3.98. The molecule has 14 rings (SSSR count). The van der Waals surface area contributed by atoms with E-state index < -0.39 is 8.07 Å². The molecule has 0 aliphatic rings. The fourth-order valence-electron chi connectivity index (χ4n) is 11.9. The second kappa shape index (κ2) is 17.0. The Morgan fingerprint density at radius 3 is 1.35 bits per heavy atom. The molecule has 0 atom stereocenters. The SMILES string of the molecule is c1ccc(-n2c3ccccc3c3cc(N(c4ccc(-c5ccc([Si](c6ccccc6)(c6ccccc6)c6ccccc6)cc5)cc4)c4ccc5c6c4ccc4cccc(c46)n5-c4ccccc4)ccc32)cc1. The number of hydrogen-bond donors (Lipinski definition) is 0. The van der Waals surface area contributed by atoms with E-state index in [4.69, 9.17) is 0 Å². The normalized spacial score (nSPS) is 11.9. The molecule has 2 heterocycles. The topological polar surface area (TPSA) is 13.1 Å². The van der Waals surface area contributed by atoms with Crippen molar-refractivity contribution >= 4 is 100 Å². The van der Waals surface area contributed by atoms with Crippen molar-refractivity contribution < 1.29 is 0 Å². The molecule has 72 heavy (non-hydrogen) atoms. The van der Waals surface area contributed by atoms with E-state index in [1.807, 2.05) is 0 Å². The lowest BCUT2D eigenvalue weighted by atomic mass is 9.99. The highest BCUT2D eigenvalue weighted by Crippen LogP contribution is 2.47. The summed E-state index contributed by atoms with van der Waals surface area (Å²) >= 11 is 0. The van der Waals surface area contributed by atoms with Crippen molar-refractivity contribution in [1.29, 1.82) is 0 Å². The van der Waals surface area contributed by atoms with Crippen molar-refractivity contribution in [3.8, 4) is 22.5 Å². The van der Waals surface area contributed by atoms with Crippen LogP contribution in [0.3, 0.4) is 0 Å². The molecule has 0 unspecified atom stereocenters. The van der Waals surface area contributed by atoms with Gasteiger partial charge in [0, 0.05) is 49.7 Å². The smallest absolute Gasteiger partial charge is 0.179 e. The predicted molar refractivity (Wildman–Crippen MR) is 308 cm³/mol. The third kappa shape index (κ3) is 6.50. The molecule has 0 aliphatic carbocycles. The number of fused-ring (bicyclic) bond motifs is 3. The maximum absolute atomic E-state index is 2.65. The molecule has 0 saturated carbocycles. The van der Waals surface area contributed by atoms with Crippen molar-refractivity contribution in [3.63, 3.8) is 0 Å². The second-order valence-electron chi connectivity index (χ2n) is 18.8. The van der Waals surface area contributed by atoms with E-state index in [0.717, 1.165) is 28.4 Å². The molecule has 0 amide bonds. The van der Waals surface area contributed by atoms with Crippen LogP contribution in [0.15, 0.2) is 285 Å². The van der Waals surface area contributed by atoms with Crippen molar-refractivity contribution in [2.45, 2.75) is 0 Å². The summed E-state index contributed by atoms with van der Waals surface area (Å²) in [6.07, 6.45) is 0. The number of nitrogens with zero attached hydrogens (tertiary/aromatic N) is 3. The van der Waals surface area contributed by atoms with Crippen molar-refractivity contribution in [1.82, 2.24) is 9.13 Å². The first-order valence-corrected chi connectivity index (χ1v) is 26.8. The van der Waals surface area contributed by atoms with Crippen LogP contribution < -0.4 is 25.6 Å². The molecule has 0 saturated heterocycles. The highest BCUT2D eigenvalue weighted by Gasteiger charge is 2.41. The average molecular weight is 934 g/mol. The van der Waals surface area contributed by atoms with E-state index in [0.29, 0.717) is 0 Å². The number of hydrogen-bond acceptors (Lipinski definition) is 1. The molecule has 338 valence electrons. The van der Waals surface area contributed by atoms with Gasteiger partial charge in [0.05, 0.1) is 27.8 Å². The fraction of sp³-hybridized carbons (Fsp3) is 0. The zero-order valence-electron chi connectivity index (χ0n) is 39.5. The standard InChI is InChI=1S/C68H47N3Si/c1-6-20-51(21-7-1)70-62-31-17-16-30-59(62)61-47-54(40-44-64(61)70)69(63-45-46-66-68-60(63)43-37-50-19-18-32-65(67(50)68)71(66)52-22-8-2-9-23-52)53-38-33-48(34-39-53)49-35-41-58(42-36-49)72(55-24-10-3-11-25-55,56-26-12-4-13-27-56)57-28-14-5-15-29-57/h1-47H. The van der Waals surface area contributed by atoms with E-state index in [2.05, 4.69) is 299 Å². The Kier molecular flexibility index (Phi) is 9.87. The van der Waals surface area contributed by atoms with Crippen LogP contribution in [-0.4, -0.2) is 17.2 Å². The number of benzene rings is 12. The Morgan fingerprint density at radius 1 is 0.278 bits per heavy atom. The first-order valence-electron chi connectivity index (χ1n) is 24.8. The molecule has 3 nitrogen and oxygen atoms in total. The molecule has 0 spiro atoms. The van der Waals surface area contributed by atoms with Crippen LogP contribution in [0.4, 0.5) is 17.1 Å². The molecule has 0 fully saturated rings. The Bertz CT molecular complexity index is 4130. The number of rotatable bonds is 10. The van der Waals surface area contributed by atoms with E-state index in [9.17, 15) is 0 Å². The highest BCUT2D eigenvalue weighted by molar-refractivity contribution is 7.19. The van der Waals surface area contributed by atoms with Crippen LogP contribution in [0.2, 0.25) is 0 Å².